The monoisotopic (exact) mass is 259 g/mol. The summed E-state index contributed by atoms with van der Waals surface area (Å²) in [5.41, 5.74) is 2.03. The quantitative estimate of drug-likeness (QED) is 0.757. The molecule has 1 aromatic carbocycles. The molecule has 96 valence electrons. The van der Waals surface area contributed by atoms with E-state index in [1.54, 1.807) is 29.0 Å². The lowest BCUT2D eigenvalue weighted by molar-refractivity contribution is -0.137. The molecule has 0 fully saturated rings. The Morgan fingerprint density at radius 1 is 1.37 bits per heavy atom. The standard InChI is InChI=1S/C13H10FN3O2/c14-9-1-2-11-8(5-9)6-12(10-3-4-15-16-10)17(11)7-13(18)19/h1-6H,7H2,(H,15,16)(H,18,19). The van der Waals surface area contributed by atoms with Crippen LogP contribution in [0.25, 0.3) is 22.3 Å². The minimum absolute atomic E-state index is 0.191. The third-order valence-electron chi connectivity index (χ3n) is 2.93. The SMILES string of the molecule is O=C(O)Cn1c(-c2ccn[nH]2)cc2cc(F)ccc21. The molecule has 0 saturated carbocycles. The highest BCUT2D eigenvalue weighted by atomic mass is 19.1. The molecule has 0 spiro atoms. The number of fused-ring (bicyclic) bond motifs is 1. The van der Waals surface area contributed by atoms with Gasteiger partial charge in [-0.05, 0) is 30.3 Å². The molecule has 0 amide bonds. The molecule has 0 aliphatic heterocycles. The molecule has 3 aromatic rings. The summed E-state index contributed by atoms with van der Waals surface area (Å²) in [6, 6.07) is 7.76. The smallest absolute Gasteiger partial charge is 0.323 e. The normalized spacial score (nSPS) is 11.0. The Labute approximate surface area is 107 Å². The number of hydrogen-bond acceptors (Lipinski definition) is 2. The Balaban J connectivity index is 2.27. The van der Waals surface area contributed by atoms with Gasteiger partial charge >= 0.3 is 5.97 Å². The second-order valence-electron chi connectivity index (χ2n) is 4.18. The molecule has 6 heteroatoms. The molecular weight excluding hydrogens is 249 g/mol. The lowest BCUT2D eigenvalue weighted by Crippen LogP contribution is -2.09. The summed E-state index contributed by atoms with van der Waals surface area (Å²) in [4.78, 5) is 11.0. The van der Waals surface area contributed by atoms with Gasteiger partial charge in [-0.1, -0.05) is 0 Å². The topological polar surface area (TPSA) is 70.9 Å². The number of carboxylic acid groups (broad SMARTS) is 1. The van der Waals surface area contributed by atoms with Crippen LogP contribution in [0.5, 0.6) is 0 Å². The Morgan fingerprint density at radius 3 is 2.89 bits per heavy atom. The van der Waals surface area contributed by atoms with Crippen molar-refractivity contribution < 1.29 is 14.3 Å². The van der Waals surface area contributed by atoms with Gasteiger partial charge in [0.1, 0.15) is 12.4 Å². The third-order valence-corrected chi connectivity index (χ3v) is 2.93. The fourth-order valence-corrected chi connectivity index (χ4v) is 2.17. The molecule has 0 bridgehead atoms. The van der Waals surface area contributed by atoms with Gasteiger partial charge in [0, 0.05) is 17.1 Å². The summed E-state index contributed by atoms with van der Waals surface area (Å²) >= 11 is 0. The summed E-state index contributed by atoms with van der Waals surface area (Å²) in [5, 5.41) is 16.3. The number of halogens is 1. The van der Waals surface area contributed by atoms with Gasteiger partial charge in [-0.25, -0.2) is 4.39 Å². The number of carboxylic acids is 1. The van der Waals surface area contributed by atoms with Crippen LogP contribution in [0.15, 0.2) is 36.5 Å². The fraction of sp³-hybridized carbons (Fsp3) is 0.0769. The number of nitrogens with one attached hydrogen (secondary N) is 1. The van der Waals surface area contributed by atoms with Gasteiger partial charge in [0.25, 0.3) is 0 Å². The Morgan fingerprint density at radius 2 is 2.21 bits per heavy atom. The zero-order valence-electron chi connectivity index (χ0n) is 9.80. The second kappa shape index (κ2) is 4.24. The Hall–Kier alpha value is -2.63. The predicted octanol–water partition coefficient (Wildman–Crippen LogP) is 2.26. The molecule has 19 heavy (non-hydrogen) atoms. The summed E-state index contributed by atoms with van der Waals surface area (Å²) in [6.07, 6.45) is 1.58. The number of benzene rings is 1. The lowest BCUT2D eigenvalue weighted by atomic mass is 10.2. The van der Waals surface area contributed by atoms with E-state index >= 15 is 0 Å². The van der Waals surface area contributed by atoms with Crippen molar-refractivity contribution in [2.45, 2.75) is 6.54 Å². The van der Waals surface area contributed by atoms with Gasteiger partial charge < -0.3 is 9.67 Å². The minimum Gasteiger partial charge on any atom is -0.480 e. The molecule has 0 aliphatic rings. The number of aliphatic carboxylic acids is 1. The van der Waals surface area contributed by atoms with Crippen LogP contribution in [0.3, 0.4) is 0 Å². The lowest BCUT2D eigenvalue weighted by Gasteiger charge is -2.06. The molecule has 0 radical (unpaired) electrons. The summed E-state index contributed by atoms with van der Waals surface area (Å²) < 4.78 is 14.9. The van der Waals surface area contributed by atoms with Crippen molar-refractivity contribution in [3.05, 3.63) is 42.3 Å². The van der Waals surface area contributed by atoms with E-state index in [0.717, 1.165) is 0 Å². The van der Waals surface area contributed by atoms with E-state index in [1.807, 2.05) is 0 Å². The van der Waals surface area contributed by atoms with E-state index in [4.69, 9.17) is 5.11 Å². The first kappa shape index (κ1) is 11.5. The molecule has 0 aliphatic carbocycles. The fourth-order valence-electron chi connectivity index (χ4n) is 2.17. The molecule has 0 saturated heterocycles. The number of rotatable bonds is 3. The maximum absolute atomic E-state index is 13.2. The average molecular weight is 259 g/mol. The van der Waals surface area contributed by atoms with Crippen LogP contribution >= 0.6 is 0 Å². The minimum atomic E-state index is -0.956. The highest BCUT2D eigenvalue weighted by Gasteiger charge is 2.14. The number of carbonyl (C=O) groups is 1. The first-order valence-corrected chi connectivity index (χ1v) is 5.65. The summed E-state index contributed by atoms with van der Waals surface area (Å²) in [5.74, 6) is -1.31. The van der Waals surface area contributed by atoms with Crippen molar-refractivity contribution in [3.63, 3.8) is 0 Å². The highest BCUT2D eigenvalue weighted by molar-refractivity contribution is 5.87. The van der Waals surface area contributed by atoms with E-state index in [9.17, 15) is 9.18 Å². The molecule has 2 heterocycles. The van der Waals surface area contributed by atoms with Crippen molar-refractivity contribution in [1.29, 1.82) is 0 Å². The molecule has 3 rings (SSSR count). The van der Waals surface area contributed by atoms with Crippen LogP contribution in [0, 0.1) is 5.82 Å². The maximum atomic E-state index is 13.2. The number of hydrogen-bond donors (Lipinski definition) is 2. The molecule has 0 unspecified atom stereocenters. The first-order chi connectivity index (χ1) is 9.15. The number of nitrogens with zero attached hydrogens (tertiary/aromatic N) is 2. The van der Waals surface area contributed by atoms with Crippen LogP contribution < -0.4 is 0 Å². The van der Waals surface area contributed by atoms with E-state index < -0.39 is 5.97 Å². The largest absolute Gasteiger partial charge is 0.480 e. The van der Waals surface area contributed by atoms with Crippen molar-refractivity contribution in [3.8, 4) is 11.4 Å². The van der Waals surface area contributed by atoms with Crippen molar-refractivity contribution >= 4 is 16.9 Å². The summed E-state index contributed by atoms with van der Waals surface area (Å²) in [7, 11) is 0. The second-order valence-corrected chi connectivity index (χ2v) is 4.18. The Bertz CT molecular complexity index is 747. The van der Waals surface area contributed by atoms with Crippen LogP contribution in [-0.2, 0) is 11.3 Å². The van der Waals surface area contributed by atoms with Crippen molar-refractivity contribution in [1.82, 2.24) is 14.8 Å². The summed E-state index contributed by atoms with van der Waals surface area (Å²) in [6.45, 7) is -0.191. The van der Waals surface area contributed by atoms with E-state index in [0.29, 0.717) is 22.3 Å². The van der Waals surface area contributed by atoms with Gasteiger partial charge in [-0.15, -0.1) is 0 Å². The zero-order valence-corrected chi connectivity index (χ0v) is 9.80. The predicted molar refractivity (Wildman–Crippen MR) is 67.1 cm³/mol. The van der Waals surface area contributed by atoms with Crippen molar-refractivity contribution in [2.75, 3.05) is 0 Å². The van der Waals surface area contributed by atoms with E-state index in [1.165, 1.54) is 12.1 Å². The average Bonchev–Trinajstić information content (AvgIpc) is 2.96. The molecule has 0 atom stereocenters. The third kappa shape index (κ3) is 1.97. The molecule has 2 aromatic heterocycles. The number of H-pyrrole nitrogens is 1. The van der Waals surface area contributed by atoms with Crippen LogP contribution in [0.4, 0.5) is 4.39 Å². The molecular formula is C13H10FN3O2. The van der Waals surface area contributed by atoms with Crippen LogP contribution in [-0.4, -0.2) is 25.8 Å². The number of aromatic amines is 1. The van der Waals surface area contributed by atoms with E-state index in [-0.39, 0.29) is 12.4 Å². The van der Waals surface area contributed by atoms with Gasteiger partial charge in [0.2, 0.25) is 0 Å². The first-order valence-electron chi connectivity index (χ1n) is 5.65. The van der Waals surface area contributed by atoms with Gasteiger partial charge in [-0.2, -0.15) is 5.10 Å². The van der Waals surface area contributed by atoms with Crippen LogP contribution in [0.1, 0.15) is 0 Å². The van der Waals surface area contributed by atoms with Crippen LogP contribution in [0.2, 0.25) is 0 Å². The number of aromatic nitrogens is 3. The van der Waals surface area contributed by atoms with Crippen molar-refractivity contribution in [2.24, 2.45) is 0 Å². The molecule has 2 N–H and O–H groups in total. The van der Waals surface area contributed by atoms with Gasteiger partial charge in [0.05, 0.1) is 11.4 Å². The molecule has 5 nitrogen and oxygen atoms in total. The van der Waals surface area contributed by atoms with Gasteiger partial charge in [-0.3, -0.25) is 9.89 Å². The highest BCUT2D eigenvalue weighted by Crippen LogP contribution is 2.27. The maximum Gasteiger partial charge on any atom is 0.323 e. The van der Waals surface area contributed by atoms with Gasteiger partial charge in [0.15, 0.2) is 0 Å². The van der Waals surface area contributed by atoms with E-state index in [2.05, 4.69) is 10.2 Å². The Kier molecular flexibility index (Phi) is 2.56. The zero-order chi connectivity index (χ0) is 13.4.